The fourth-order valence-electron chi connectivity index (χ4n) is 3.48. The third-order valence-electron chi connectivity index (χ3n) is 5.32. The molecule has 0 aromatic carbocycles. The van der Waals surface area contributed by atoms with Crippen LogP contribution in [0.25, 0.3) is 0 Å². The lowest BCUT2D eigenvalue weighted by molar-refractivity contribution is -0.931. The van der Waals surface area contributed by atoms with Gasteiger partial charge in [0.15, 0.2) is 0 Å². The molecule has 0 radical (unpaired) electrons. The molecule has 168 valence electrons. The number of carboxylic acids is 2. The number of allylic oxidation sites excluding steroid dienone is 2. The topological polar surface area (TPSA) is 124 Å². The van der Waals surface area contributed by atoms with E-state index in [2.05, 4.69) is 5.32 Å². The Balaban J connectivity index is 5.25. The van der Waals surface area contributed by atoms with E-state index in [9.17, 15) is 29.7 Å². The summed E-state index contributed by atoms with van der Waals surface area (Å²) < 4.78 is 0.155. The standard InChI is InChI=1S/C21H38N2O6/c1-4-7-8-9-10-19(25)22-11-12-23(13-14-24,15-17(5-2)20(26)27)16-18(6-3)21(28)29/h7-8,17-18,24H,4-6,9-16H2,1-3H3,(H2-,22,25,26,27,28,29)/p+1/b8-7+. The third-order valence-corrected chi connectivity index (χ3v) is 5.32. The zero-order valence-electron chi connectivity index (χ0n) is 18.1. The van der Waals surface area contributed by atoms with Crippen molar-refractivity contribution in [2.24, 2.45) is 11.8 Å². The number of rotatable bonds is 17. The van der Waals surface area contributed by atoms with Crippen molar-refractivity contribution >= 4 is 17.8 Å². The second-order valence-electron chi connectivity index (χ2n) is 7.53. The number of aliphatic hydroxyl groups is 1. The highest BCUT2D eigenvalue weighted by Gasteiger charge is 2.37. The lowest BCUT2D eigenvalue weighted by atomic mass is 9.99. The molecule has 0 heterocycles. The summed E-state index contributed by atoms with van der Waals surface area (Å²) in [5.74, 6) is -3.22. The Labute approximate surface area is 174 Å². The number of carbonyl (C=O) groups excluding carboxylic acids is 1. The van der Waals surface area contributed by atoms with Gasteiger partial charge in [-0.25, -0.2) is 0 Å². The zero-order chi connectivity index (χ0) is 22.3. The summed E-state index contributed by atoms with van der Waals surface area (Å²) in [6.45, 7) is 6.81. The highest BCUT2D eigenvalue weighted by Crippen LogP contribution is 2.19. The zero-order valence-corrected chi connectivity index (χ0v) is 18.1. The Morgan fingerprint density at radius 2 is 1.48 bits per heavy atom. The molecular formula is C21H39N2O6+. The van der Waals surface area contributed by atoms with Crippen molar-refractivity contribution in [2.45, 2.75) is 52.9 Å². The first kappa shape index (κ1) is 27.1. The first-order chi connectivity index (χ1) is 13.7. The minimum atomic E-state index is -0.928. The Bertz CT molecular complexity index is 511. The Morgan fingerprint density at radius 1 is 0.931 bits per heavy atom. The molecule has 1 amide bonds. The van der Waals surface area contributed by atoms with E-state index in [-0.39, 0.29) is 36.6 Å². The van der Waals surface area contributed by atoms with Crippen LogP contribution in [-0.2, 0) is 14.4 Å². The quantitative estimate of drug-likeness (QED) is 0.212. The maximum Gasteiger partial charge on any atom is 0.312 e. The van der Waals surface area contributed by atoms with E-state index in [0.717, 1.165) is 6.42 Å². The van der Waals surface area contributed by atoms with Crippen molar-refractivity contribution in [1.29, 1.82) is 0 Å². The summed E-state index contributed by atoms with van der Waals surface area (Å²) >= 11 is 0. The van der Waals surface area contributed by atoms with Crippen molar-refractivity contribution in [3.05, 3.63) is 12.2 Å². The Kier molecular flexibility index (Phi) is 14.0. The number of amides is 1. The van der Waals surface area contributed by atoms with Gasteiger partial charge in [0, 0.05) is 6.42 Å². The van der Waals surface area contributed by atoms with E-state index in [4.69, 9.17) is 0 Å². The number of hydrogen-bond acceptors (Lipinski definition) is 4. The van der Waals surface area contributed by atoms with Crippen LogP contribution >= 0.6 is 0 Å². The van der Waals surface area contributed by atoms with Crippen LogP contribution in [0.3, 0.4) is 0 Å². The third kappa shape index (κ3) is 11.0. The molecule has 0 aromatic heterocycles. The molecule has 0 rings (SSSR count). The highest BCUT2D eigenvalue weighted by atomic mass is 16.4. The fraction of sp³-hybridized carbons (Fsp3) is 0.762. The fourth-order valence-corrected chi connectivity index (χ4v) is 3.48. The summed E-state index contributed by atoms with van der Waals surface area (Å²) in [4.78, 5) is 35.2. The van der Waals surface area contributed by atoms with Gasteiger partial charge >= 0.3 is 11.9 Å². The van der Waals surface area contributed by atoms with Gasteiger partial charge in [0.05, 0.1) is 32.8 Å². The van der Waals surface area contributed by atoms with Crippen LogP contribution in [0.15, 0.2) is 12.2 Å². The molecule has 8 nitrogen and oxygen atoms in total. The number of aliphatic carboxylic acids is 2. The van der Waals surface area contributed by atoms with Crippen LogP contribution in [0.2, 0.25) is 0 Å². The van der Waals surface area contributed by atoms with Gasteiger partial charge in [0.1, 0.15) is 18.4 Å². The van der Waals surface area contributed by atoms with Crippen LogP contribution in [0.4, 0.5) is 0 Å². The molecule has 2 unspecified atom stereocenters. The Morgan fingerprint density at radius 3 is 1.90 bits per heavy atom. The van der Waals surface area contributed by atoms with E-state index in [0.29, 0.717) is 38.8 Å². The number of carboxylic acid groups (broad SMARTS) is 2. The SMILES string of the molecule is CC/C=C/CCC(=O)NCC[N+](CCO)(CC(CC)C(=O)O)CC(CC)C(=O)O. The molecule has 4 N–H and O–H groups in total. The number of nitrogens with one attached hydrogen (secondary N) is 1. The molecule has 0 saturated carbocycles. The van der Waals surface area contributed by atoms with Crippen molar-refractivity contribution in [3.63, 3.8) is 0 Å². The average molecular weight is 416 g/mol. The molecule has 0 saturated heterocycles. The average Bonchev–Trinajstić information content (AvgIpc) is 2.67. The van der Waals surface area contributed by atoms with E-state index in [1.165, 1.54) is 0 Å². The minimum absolute atomic E-state index is 0.0941. The van der Waals surface area contributed by atoms with E-state index < -0.39 is 23.8 Å². The van der Waals surface area contributed by atoms with E-state index in [1.54, 1.807) is 13.8 Å². The van der Waals surface area contributed by atoms with E-state index >= 15 is 0 Å². The molecule has 0 aliphatic rings. The lowest BCUT2D eigenvalue weighted by Gasteiger charge is -2.41. The summed E-state index contributed by atoms with van der Waals surface area (Å²) in [6.07, 6.45) is 6.75. The van der Waals surface area contributed by atoms with Gasteiger partial charge in [0.2, 0.25) is 5.91 Å². The van der Waals surface area contributed by atoms with Crippen molar-refractivity contribution in [3.8, 4) is 0 Å². The number of carbonyl (C=O) groups is 3. The van der Waals surface area contributed by atoms with Crippen molar-refractivity contribution < 1.29 is 34.2 Å². The van der Waals surface area contributed by atoms with Crippen molar-refractivity contribution in [2.75, 3.05) is 39.3 Å². The summed E-state index contributed by atoms with van der Waals surface area (Å²) in [7, 11) is 0. The molecule has 0 aliphatic carbocycles. The smallest absolute Gasteiger partial charge is 0.312 e. The van der Waals surface area contributed by atoms with Crippen LogP contribution < -0.4 is 5.32 Å². The highest BCUT2D eigenvalue weighted by molar-refractivity contribution is 5.76. The van der Waals surface area contributed by atoms with E-state index in [1.807, 2.05) is 19.1 Å². The lowest BCUT2D eigenvalue weighted by Crippen LogP contribution is -2.59. The maximum absolute atomic E-state index is 12.0. The summed E-state index contributed by atoms with van der Waals surface area (Å²) in [6, 6.07) is 0. The second-order valence-corrected chi connectivity index (χ2v) is 7.53. The summed E-state index contributed by atoms with van der Waals surface area (Å²) in [5.41, 5.74) is 0. The minimum Gasteiger partial charge on any atom is -0.481 e. The molecule has 0 aliphatic heterocycles. The molecule has 0 aromatic rings. The molecule has 0 spiro atoms. The first-order valence-corrected chi connectivity index (χ1v) is 10.6. The Hall–Kier alpha value is -1.93. The van der Waals surface area contributed by atoms with Crippen molar-refractivity contribution in [1.82, 2.24) is 5.32 Å². The largest absolute Gasteiger partial charge is 0.481 e. The maximum atomic E-state index is 12.0. The molecular weight excluding hydrogens is 376 g/mol. The molecule has 29 heavy (non-hydrogen) atoms. The van der Waals surface area contributed by atoms with Crippen LogP contribution in [0.1, 0.15) is 52.9 Å². The molecule has 8 heteroatoms. The van der Waals surface area contributed by atoms with Crippen LogP contribution in [0.5, 0.6) is 0 Å². The number of nitrogens with zero attached hydrogens (tertiary/aromatic N) is 1. The van der Waals surface area contributed by atoms with Gasteiger partial charge in [-0.05, 0) is 25.7 Å². The predicted octanol–water partition coefficient (Wildman–Crippen LogP) is 1.88. The number of aliphatic hydroxyl groups excluding tert-OH is 1. The normalized spacial score (nSPS) is 15.6. The second kappa shape index (κ2) is 15.0. The number of hydrogen-bond donors (Lipinski definition) is 4. The number of quaternary nitrogens is 1. The van der Waals surface area contributed by atoms with Gasteiger partial charge in [-0.2, -0.15) is 0 Å². The molecule has 0 fully saturated rings. The van der Waals surface area contributed by atoms with Gasteiger partial charge in [-0.1, -0.05) is 32.9 Å². The summed E-state index contributed by atoms with van der Waals surface area (Å²) in [5, 5.41) is 31.5. The predicted molar refractivity (Wildman–Crippen MR) is 111 cm³/mol. The molecule has 0 bridgehead atoms. The van der Waals surface area contributed by atoms with Crippen LogP contribution in [-0.4, -0.2) is 77.0 Å². The van der Waals surface area contributed by atoms with Crippen LogP contribution in [0, 0.1) is 11.8 Å². The van der Waals surface area contributed by atoms with Gasteiger partial charge in [0.25, 0.3) is 0 Å². The van der Waals surface area contributed by atoms with Gasteiger partial charge < -0.3 is 25.1 Å². The van der Waals surface area contributed by atoms with Gasteiger partial charge in [-0.3, -0.25) is 14.4 Å². The first-order valence-electron chi connectivity index (χ1n) is 10.6. The van der Waals surface area contributed by atoms with Gasteiger partial charge in [-0.15, -0.1) is 0 Å². The monoisotopic (exact) mass is 415 g/mol. The molecule has 2 atom stereocenters.